The molecule has 0 bridgehead atoms. The molecule has 0 aliphatic carbocycles. The molecule has 21 heavy (non-hydrogen) atoms. The molecule has 1 saturated heterocycles. The number of hydrogen-bond acceptors (Lipinski definition) is 3. The lowest BCUT2D eigenvalue weighted by Crippen LogP contribution is -2.46. The Balaban J connectivity index is 1.65. The van der Waals surface area contributed by atoms with Gasteiger partial charge in [-0.15, -0.1) is 0 Å². The van der Waals surface area contributed by atoms with Crippen LogP contribution in [-0.4, -0.2) is 33.6 Å². The Morgan fingerprint density at radius 2 is 1.86 bits per heavy atom. The van der Waals surface area contributed by atoms with Gasteiger partial charge in [-0.05, 0) is 38.0 Å². The summed E-state index contributed by atoms with van der Waals surface area (Å²) in [4.78, 5) is 2.35. The minimum atomic E-state index is -0.606. The van der Waals surface area contributed by atoms with E-state index in [9.17, 15) is 5.11 Å². The van der Waals surface area contributed by atoms with Crippen LogP contribution < -0.4 is 4.90 Å². The molecule has 1 fully saturated rings. The van der Waals surface area contributed by atoms with Crippen LogP contribution in [0.4, 0.5) is 5.69 Å². The normalized spacial score (nSPS) is 18.0. The number of nitrogens with zero attached hydrogens (tertiary/aromatic N) is 3. The number of benzene rings is 1. The van der Waals surface area contributed by atoms with Crippen LogP contribution in [0.5, 0.6) is 0 Å². The number of rotatable bonds is 3. The number of aryl methyl sites for hydroxylation is 2. The molecule has 3 rings (SSSR count). The number of anilines is 1. The zero-order valence-electron chi connectivity index (χ0n) is 12.8. The van der Waals surface area contributed by atoms with Gasteiger partial charge in [0.25, 0.3) is 0 Å². The molecule has 1 aliphatic rings. The number of para-hydroxylation sites is 1. The molecule has 4 nitrogen and oxygen atoms in total. The summed E-state index contributed by atoms with van der Waals surface area (Å²) in [6.07, 6.45) is 2.28. The summed E-state index contributed by atoms with van der Waals surface area (Å²) in [6, 6.07) is 12.5. The van der Waals surface area contributed by atoms with Gasteiger partial charge in [-0.3, -0.25) is 4.68 Å². The third kappa shape index (κ3) is 3.10. The predicted molar refractivity (Wildman–Crippen MR) is 84.5 cm³/mol. The zero-order chi connectivity index (χ0) is 14.9. The van der Waals surface area contributed by atoms with Crippen molar-refractivity contribution in [2.75, 3.05) is 18.0 Å². The van der Waals surface area contributed by atoms with Crippen LogP contribution in [-0.2, 0) is 13.5 Å². The highest BCUT2D eigenvalue weighted by molar-refractivity contribution is 5.46. The maximum Gasteiger partial charge on any atom is 0.0736 e. The number of hydrogen-bond donors (Lipinski definition) is 1. The predicted octanol–water partition coefficient (Wildman–Crippen LogP) is 2.30. The second-order valence-corrected chi connectivity index (χ2v) is 6.12. The first-order valence-corrected chi connectivity index (χ1v) is 7.58. The molecule has 2 aromatic rings. The Bertz CT molecular complexity index is 598. The standard InChI is InChI=1S/C17H23N3O/c1-14-12-16(19(2)18-14)13-17(21)8-10-20(11-9-17)15-6-4-3-5-7-15/h3-7,12,21H,8-11,13H2,1-2H3. The fourth-order valence-electron chi connectivity index (χ4n) is 3.16. The van der Waals surface area contributed by atoms with Crippen molar-refractivity contribution >= 4 is 5.69 Å². The quantitative estimate of drug-likeness (QED) is 0.941. The molecule has 0 spiro atoms. The topological polar surface area (TPSA) is 41.3 Å². The molecule has 0 saturated carbocycles. The fraction of sp³-hybridized carbons (Fsp3) is 0.471. The van der Waals surface area contributed by atoms with Crippen LogP contribution in [0, 0.1) is 6.92 Å². The first-order chi connectivity index (χ1) is 10.1. The highest BCUT2D eigenvalue weighted by atomic mass is 16.3. The van der Waals surface area contributed by atoms with Crippen molar-refractivity contribution in [2.24, 2.45) is 7.05 Å². The maximum atomic E-state index is 10.9. The Kier molecular flexibility index (Phi) is 3.72. The zero-order valence-corrected chi connectivity index (χ0v) is 12.8. The largest absolute Gasteiger partial charge is 0.389 e. The summed E-state index contributed by atoms with van der Waals surface area (Å²) in [5.41, 5.74) is 2.77. The molecule has 1 aromatic carbocycles. The van der Waals surface area contributed by atoms with E-state index < -0.39 is 5.60 Å². The van der Waals surface area contributed by atoms with Crippen LogP contribution in [0.25, 0.3) is 0 Å². The van der Waals surface area contributed by atoms with Gasteiger partial charge in [-0.25, -0.2) is 0 Å². The van der Waals surface area contributed by atoms with Gasteiger partial charge in [0.1, 0.15) is 0 Å². The van der Waals surface area contributed by atoms with Crippen molar-refractivity contribution < 1.29 is 5.11 Å². The molecule has 112 valence electrons. The Hall–Kier alpha value is -1.81. The highest BCUT2D eigenvalue weighted by Crippen LogP contribution is 2.29. The molecule has 0 amide bonds. The van der Waals surface area contributed by atoms with Crippen molar-refractivity contribution in [3.8, 4) is 0 Å². The second-order valence-electron chi connectivity index (χ2n) is 6.12. The first-order valence-electron chi connectivity index (χ1n) is 7.58. The van der Waals surface area contributed by atoms with Crippen LogP contribution in [0.2, 0.25) is 0 Å². The average molecular weight is 285 g/mol. The summed E-state index contributed by atoms with van der Waals surface area (Å²) in [5, 5.41) is 15.2. The smallest absolute Gasteiger partial charge is 0.0736 e. The van der Waals surface area contributed by atoms with E-state index in [1.54, 1.807) is 0 Å². The average Bonchev–Trinajstić information content (AvgIpc) is 2.78. The third-order valence-electron chi connectivity index (χ3n) is 4.42. The van der Waals surface area contributed by atoms with E-state index in [1.807, 2.05) is 24.7 Å². The van der Waals surface area contributed by atoms with Crippen molar-refractivity contribution in [3.05, 3.63) is 47.8 Å². The van der Waals surface area contributed by atoms with E-state index in [0.29, 0.717) is 6.42 Å². The lowest BCUT2D eigenvalue weighted by Gasteiger charge is -2.39. The van der Waals surface area contributed by atoms with Crippen LogP contribution in [0.15, 0.2) is 36.4 Å². The molecular weight excluding hydrogens is 262 g/mol. The van der Waals surface area contributed by atoms with Gasteiger partial charge in [0.05, 0.1) is 11.3 Å². The van der Waals surface area contributed by atoms with Crippen molar-refractivity contribution in [1.82, 2.24) is 9.78 Å². The minimum Gasteiger partial charge on any atom is -0.389 e. The highest BCUT2D eigenvalue weighted by Gasteiger charge is 2.33. The van der Waals surface area contributed by atoms with Gasteiger partial charge in [-0.2, -0.15) is 5.10 Å². The molecule has 4 heteroatoms. The first kappa shape index (κ1) is 14.1. The molecule has 0 unspecified atom stereocenters. The fourth-order valence-corrected chi connectivity index (χ4v) is 3.16. The van der Waals surface area contributed by atoms with Gasteiger partial charge >= 0.3 is 0 Å². The van der Waals surface area contributed by atoms with Gasteiger partial charge in [-0.1, -0.05) is 18.2 Å². The molecule has 1 aromatic heterocycles. The Morgan fingerprint density at radius 1 is 1.19 bits per heavy atom. The number of aliphatic hydroxyl groups is 1. The van der Waals surface area contributed by atoms with Gasteiger partial charge in [0.15, 0.2) is 0 Å². The van der Waals surface area contributed by atoms with Crippen LogP contribution in [0.1, 0.15) is 24.2 Å². The number of aromatic nitrogens is 2. The van der Waals surface area contributed by atoms with E-state index in [2.05, 4.69) is 40.3 Å². The monoisotopic (exact) mass is 285 g/mol. The van der Waals surface area contributed by atoms with Crippen molar-refractivity contribution in [1.29, 1.82) is 0 Å². The Labute approximate surface area is 126 Å². The SMILES string of the molecule is Cc1cc(CC2(O)CCN(c3ccccc3)CC2)n(C)n1. The van der Waals surface area contributed by atoms with Gasteiger partial charge in [0, 0.05) is 37.9 Å². The molecule has 0 radical (unpaired) electrons. The lowest BCUT2D eigenvalue weighted by molar-refractivity contribution is 0.0149. The maximum absolute atomic E-state index is 10.9. The van der Waals surface area contributed by atoms with E-state index in [0.717, 1.165) is 37.3 Å². The van der Waals surface area contributed by atoms with Crippen molar-refractivity contribution in [3.63, 3.8) is 0 Å². The minimum absolute atomic E-state index is 0.606. The van der Waals surface area contributed by atoms with Gasteiger partial charge < -0.3 is 10.0 Å². The Morgan fingerprint density at radius 3 is 2.43 bits per heavy atom. The molecule has 1 N–H and O–H groups in total. The molecule has 2 heterocycles. The summed E-state index contributed by atoms with van der Waals surface area (Å²) in [6.45, 7) is 3.79. The van der Waals surface area contributed by atoms with Crippen LogP contribution >= 0.6 is 0 Å². The van der Waals surface area contributed by atoms with Crippen molar-refractivity contribution in [2.45, 2.75) is 31.8 Å². The summed E-state index contributed by atoms with van der Waals surface area (Å²) < 4.78 is 1.89. The second kappa shape index (κ2) is 5.53. The molecular formula is C17H23N3O. The molecule has 0 atom stereocenters. The van der Waals surface area contributed by atoms with E-state index >= 15 is 0 Å². The van der Waals surface area contributed by atoms with Gasteiger partial charge in [0.2, 0.25) is 0 Å². The summed E-state index contributed by atoms with van der Waals surface area (Å²) in [5.74, 6) is 0. The summed E-state index contributed by atoms with van der Waals surface area (Å²) >= 11 is 0. The summed E-state index contributed by atoms with van der Waals surface area (Å²) in [7, 11) is 1.95. The van der Waals surface area contributed by atoms with E-state index in [4.69, 9.17) is 0 Å². The molecule has 1 aliphatic heterocycles. The third-order valence-corrected chi connectivity index (χ3v) is 4.42. The van der Waals surface area contributed by atoms with E-state index in [1.165, 1.54) is 5.69 Å². The number of piperidine rings is 1. The van der Waals surface area contributed by atoms with E-state index in [-0.39, 0.29) is 0 Å². The van der Waals surface area contributed by atoms with Crippen LogP contribution in [0.3, 0.4) is 0 Å². The lowest BCUT2D eigenvalue weighted by atomic mass is 9.86.